The molecule has 2 aromatic carbocycles. The molecular weight excluding hydrogens is 554 g/mol. The van der Waals surface area contributed by atoms with Gasteiger partial charge < -0.3 is 20.5 Å². The van der Waals surface area contributed by atoms with Crippen LogP contribution < -0.4 is 16.0 Å². The number of benzene rings is 2. The van der Waals surface area contributed by atoms with E-state index < -0.39 is 0 Å². The largest absolute Gasteiger partial charge is 0.380 e. The average Bonchev–Trinajstić information content (AvgIpc) is 3.73. The number of allylic oxidation sites excluding steroid dienone is 2. The molecule has 5 rings (SSSR count). The van der Waals surface area contributed by atoms with E-state index in [-0.39, 0.29) is 6.04 Å². The van der Waals surface area contributed by atoms with Crippen LogP contribution in [-0.4, -0.2) is 27.6 Å². The van der Waals surface area contributed by atoms with Crippen molar-refractivity contribution in [1.29, 1.82) is 0 Å². The molecule has 3 N–H and O–H groups in total. The highest BCUT2D eigenvalue weighted by Crippen LogP contribution is 2.33. The number of hydrogen-bond acceptors (Lipinski definition) is 6. The summed E-state index contributed by atoms with van der Waals surface area (Å²) in [7, 11) is 0. The highest BCUT2D eigenvalue weighted by Gasteiger charge is 2.24. The lowest BCUT2D eigenvalue weighted by atomic mass is 10.0. The molecule has 0 fully saturated rings. The monoisotopic (exact) mass is 599 g/mol. The maximum Gasteiger partial charge on any atom is 0.132 e. The van der Waals surface area contributed by atoms with E-state index in [9.17, 15) is 0 Å². The molecule has 0 bridgehead atoms. The zero-order valence-corrected chi connectivity index (χ0v) is 27.3. The number of amidine groups is 1. The van der Waals surface area contributed by atoms with Gasteiger partial charge in [0.05, 0.1) is 35.4 Å². The smallest absolute Gasteiger partial charge is 0.132 e. The number of aliphatic imine (C=N–C) groups is 2. The van der Waals surface area contributed by atoms with E-state index in [1.807, 2.05) is 26.1 Å². The molecule has 2 heterocycles. The van der Waals surface area contributed by atoms with Gasteiger partial charge in [0, 0.05) is 35.4 Å². The van der Waals surface area contributed by atoms with Gasteiger partial charge in [0.1, 0.15) is 11.7 Å². The number of nitrogens with zero attached hydrogens (tertiary/aromatic N) is 4. The van der Waals surface area contributed by atoms with Crippen molar-refractivity contribution < 1.29 is 0 Å². The molecule has 0 radical (unpaired) electrons. The Labute approximate surface area is 268 Å². The van der Waals surface area contributed by atoms with Gasteiger partial charge in [-0.25, -0.2) is 4.98 Å². The zero-order valence-electron chi connectivity index (χ0n) is 27.3. The van der Waals surface area contributed by atoms with Gasteiger partial charge in [-0.2, -0.15) is 0 Å². The van der Waals surface area contributed by atoms with Gasteiger partial charge >= 0.3 is 0 Å². The normalized spacial score (nSPS) is 16.2. The number of imidazole rings is 1. The minimum atomic E-state index is 0.164. The zero-order chi connectivity index (χ0) is 32.2. The summed E-state index contributed by atoms with van der Waals surface area (Å²) < 4.78 is 2.05. The van der Waals surface area contributed by atoms with Crippen LogP contribution in [0.15, 0.2) is 108 Å². The predicted octanol–water partition coefficient (Wildman–Crippen LogP) is 7.67. The first-order chi connectivity index (χ1) is 21.5. The minimum absolute atomic E-state index is 0.164. The summed E-state index contributed by atoms with van der Waals surface area (Å²) >= 11 is 0. The fourth-order valence-electron chi connectivity index (χ4n) is 5.69. The van der Waals surface area contributed by atoms with Gasteiger partial charge in [0.2, 0.25) is 0 Å². The van der Waals surface area contributed by atoms with Crippen LogP contribution in [0.4, 0.5) is 5.69 Å². The van der Waals surface area contributed by atoms with Crippen LogP contribution in [0.1, 0.15) is 72.1 Å². The number of nitrogens with one attached hydrogen (secondary N) is 3. The first-order valence-corrected chi connectivity index (χ1v) is 15.6. The highest BCUT2D eigenvalue weighted by molar-refractivity contribution is 6.01. The molecule has 0 amide bonds. The molecule has 3 aromatic rings. The Morgan fingerprint density at radius 3 is 2.60 bits per heavy atom. The van der Waals surface area contributed by atoms with Crippen LogP contribution >= 0.6 is 0 Å². The lowest BCUT2D eigenvalue weighted by Gasteiger charge is -2.20. The summed E-state index contributed by atoms with van der Waals surface area (Å²) in [5.41, 5.74) is 13.2. The van der Waals surface area contributed by atoms with E-state index in [4.69, 9.17) is 4.99 Å². The van der Waals surface area contributed by atoms with Crippen molar-refractivity contribution in [3.63, 3.8) is 0 Å². The first-order valence-electron chi connectivity index (χ1n) is 15.6. The van der Waals surface area contributed by atoms with Crippen molar-refractivity contribution in [3.05, 3.63) is 137 Å². The Hall–Kier alpha value is -4.91. The highest BCUT2D eigenvalue weighted by atomic mass is 15.1. The van der Waals surface area contributed by atoms with Crippen molar-refractivity contribution in [2.45, 2.75) is 66.5 Å². The van der Waals surface area contributed by atoms with Crippen LogP contribution in [-0.2, 0) is 13.0 Å². The molecule has 0 saturated heterocycles. The summed E-state index contributed by atoms with van der Waals surface area (Å²) in [6, 6.07) is 13.1. The van der Waals surface area contributed by atoms with Gasteiger partial charge in [-0.15, -0.1) is 0 Å². The number of aromatic nitrogens is 2. The van der Waals surface area contributed by atoms with E-state index in [1.165, 1.54) is 11.1 Å². The van der Waals surface area contributed by atoms with E-state index >= 15 is 0 Å². The standard InChI is InChI=1S/C38H45N7/c1-10-25(4)42-36-18-31(12-11-23(36)2)21-39-29(8)37(45-22-27(6)41-30(45)9)17-24(3)28(7)44-35-16-14-32-19-33(13-15-34(32)35)38-40-20-26(5)43-38/h11-13,15,17-19,22,35,39,44H,3,5,7-8,10,14,16,20-21H2,1-2,4,6,9H3,(H,40,43)/b37-17-,42-25?/t35-/m0/s1. The summed E-state index contributed by atoms with van der Waals surface area (Å²) in [6.07, 6.45) is 6.97. The van der Waals surface area contributed by atoms with E-state index in [0.29, 0.717) is 13.1 Å². The Balaban J connectivity index is 1.31. The molecule has 7 nitrogen and oxygen atoms in total. The molecule has 0 saturated carbocycles. The van der Waals surface area contributed by atoms with Crippen molar-refractivity contribution in [1.82, 2.24) is 25.5 Å². The second-order valence-corrected chi connectivity index (χ2v) is 12.0. The van der Waals surface area contributed by atoms with Crippen molar-refractivity contribution >= 4 is 22.9 Å². The molecule has 1 aromatic heterocycles. The third-order valence-electron chi connectivity index (χ3n) is 8.44. The quantitative estimate of drug-likeness (QED) is 0.148. The molecule has 232 valence electrons. The Morgan fingerprint density at radius 1 is 1.11 bits per heavy atom. The van der Waals surface area contributed by atoms with Gasteiger partial charge in [0.25, 0.3) is 0 Å². The van der Waals surface area contributed by atoms with Crippen LogP contribution in [0, 0.1) is 20.8 Å². The van der Waals surface area contributed by atoms with Crippen molar-refractivity contribution in [2.75, 3.05) is 6.54 Å². The summed E-state index contributed by atoms with van der Waals surface area (Å²) in [6.45, 7) is 28.7. The molecule has 1 aliphatic carbocycles. The molecule has 7 heteroatoms. The SMILES string of the molecule is C=C1CN=C(c2ccc3c(c2)CC[C@@H]3NC(=C)C(=C)/C=C(/C(=C)NCc2ccc(C)c(N=C(C)CC)c2)n2cc(C)nc2C)N1. The van der Waals surface area contributed by atoms with Gasteiger partial charge in [-0.1, -0.05) is 57.5 Å². The molecule has 1 atom stereocenters. The Bertz CT molecular complexity index is 1780. The fraction of sp³-hybridized carbons (Fsp3) is 0.289. The van der Waals surface area contributed by atoms with Gasteiger partial charge in [-0.05, 0) is 93.0 Å². The van der Waals surface area contributed by atoms with Crippen LogP contribution in [0.25, 0.3) is 5.70 Å². The van der Waals surface area contributed by atoms with Crippen LogP contribution in [0.3, 0.4) is 0 Å². The van der Waals surface area contributed by atoms with Crippen molar-refractivity contribution in [2.24, 2.45) is 9.98 Å². The van der Waals surface area contributed by atoms with E-state index in [2.05, 4.69) is 114 Å². The second-order valence-electron chi connectivity index (χ2n) is 12.0. The Kier molecular flexibility index (Phi) is 9.37. The van der Waals surface area contributed by atoms with Crippen LogP contribution in [0.2, 0.25) is 0 Å². The minimum Gasteiger partial charge on any atom is -0.380 e. The first kappa shape index (κ1) is 31.5. The number of aryl methyl sites for hydroxylation is 4. The average molecular weight is 600 g/mol. The summed E-state index contributed by atoms with van der Waals surface area (Å²) in [5, 5.41) is 10.5. The predicted molar refractivity (Wildman–Crippen MR) is 189 cm³/mol. The maximum absolute atomic E-state index is 4.80. The summed E-state index contributed by atoms with van der Waals surface area (Å²) in [4.78, 5) is 14.0. The van der Waals surface area contributed by atoms with E-state index in [1.54, 1.807) is 0 Å². The van der Waals surface area contributed by atoms with Gasteiger partial charge in [-0.3, -0.25) is 9.98 Å². The molecule has 45 heavy (non-hydrogen) atoms. The number of fused-ring (bicyclic) bond motifs is 1. The maximum atomic E-state index is 4.80. The molecule has 0 unspecified atom stereocenters. The molecule has 1 aliphatic heterocycles. The lowest BCUT2D eigenvalue weighted by molar-refractivity contribution is 0.600. The Morgan fingerprint density at radius 2 is 1.91 bits per heavy atom. The van der Waals surface area contributed by atoms with Crippen LogP contribution in [0.5, 0.6) is 0 Å². The van der Waals surface area contributed by atoms with Crippen molar-refractivity contribution in [3.8, 4) is 0 Å². The summed E-state index contributed by atoms with van der Waals surface area (Å²) in [5.74, 6) is 1.77. The third kappa shape index (κ3) is 7.26. The second kappa shape index (κ2) is 13.4. The fourth-order valence-corrected chi connectivity index (χ4v) is 5.69. The topological polar surface area (TPSA) is 78.6 Å². The third-order valence-corrected chi connectivity index (χ3v) is 8.44. The number of rotatable bonds is 12. The van der Waals surface area contributed by atoms with E-state index in [0.717, 1.165) is 93.1 Å². The molecule has 2 aliphatic rings. The lowest BCUT2D eigenvalue weighted by Crippen LogP contribution is -2.20. The van der Waals surface area contributed by atoms with Gasteiger partial charge in [0.15, 0.2) is 0 Å². The molecule has 0 spiro atoms. The number of hydrogen-bond donors (Lipinski definition) is 3. The molecular formula is C38H45N7.